The van der Waals surface area contributed by atoms with Crippen LogP contribution in [0, 0.1) is 0 Å². The Morgan fingerprint density at radius 2 is 1.30 bits per heavy atom. The summed E-state index contributed by atoms with van der Waals surface area (Å²) in [6, 6.07) is 14.0. The molecule has 0 aliphatic carbocycles. The highest BCUT2D eigenvalue weighted by molar-refractivity contribution is 5.30. The smallest absolute Gasteiger partial charge is 0.421 e. The average Bonchev–Trinajstić information content (AvgIpc) is 2.78. The third kappa shape index (κ3) is 8.43. The molecule has 0 aliphatic rings. The molecule has 0 spiro atoms. The van der Waals surface area contributed by atoms with Gasteiger partial charge in [-0.25, -0.2) is 0 Å². The number of alkyl halides is 3. The SMILES string of the molecule is C=C(OCC)Oc1ccc(C(C)CC)cc1.CCC(C)c1ccc(C(C)(O)C(F)(F)F)cc1. The fourth-order valence-corrected chi connectivity index (χ4v) is 2.96. The van der Waals surface area contributed by atoms with E-state index < -0.39 is 11.8 Å². The van der Waals surface area contributed by atoms with Crippen molar-refractivity contribution in [3.8, 4) is 5.75 Å². The molecule has 0 saturated heterocycles. The van der Waals surface area contributed by atoms with Gasteiger partial charge in [0.1, 0.15) is 5.75 Å². The van der Waals surface area contributed by atoms with E-state index in [2.05, 4.69) is 32.6 Å². The van der Waals surface area contributed by atoms with Gasteiger partial charge in [0.05, 0.1) is 6.61 Å². The van der Waals surface area contributed by atoms with Gasteiger partial charge in [-0.2, -0.15) is 13.2 Å². The molecule has 0 aliphatic heterocycles. The van der Waals surface area contributed by atoms with Crippen LogP contribution in [0.25, 0.3) is 0 Å². The van der Waals surface area contributed by atoms with Gasteiger partial charge >= 0.3 is 6.18 Å². The van der Waals surface area contributed by atoms with E-state index in [1.807, 2.05) is 32.9 Å². The molecule has 0 aromatic heterocycles. The highest BCUT2D eigenvalue weighted by Crippen LogP contribution is 2.38. The Morgan fingerprint density at radius 1 is 0.879 bits per heavy atom. The maximum Gasteiger partial charge on any atom is 0.421 e. The summed E-state index contributed by atoms with van der Waals surface area (Å²) in [5.41, 5.74) is -0.607. The zero-order valence-electron chi connectivity index (χ0n) is 20.5. The Hall–Kier alpha value is -2.47. The lowest BCUT2D eigenvalue weighted by atomic mass is 9.91. The molecule has 3 unspecified atom stereocenters. The molecule has 1 N–H and O–H groups in total. The van der Waals surface area contributed by atoms with Crippen molar-refractivity contribution in [1.82, 2.24) is 0 Å². The van der Waals surface area contributed by atoms with Gasteiger partial charge in [-0.15, -0.1) is 0 Å². The summed E-state index contributed by atoms with van der Waals surface area (Å²) in [6.45, 7) is 15.3. The van der Waals surface area contributed by atoms with Crippen molar-refractivity contribution in [1.29, 1.82) is 0 Å². The maximum atomic E-state index is 12.6. The zero-order chi connectivity index (χ0) is 25.2. The first kappa shape index (κ1) is 28.6. The van der Waals surface area contributed by atoms with Gasteiger partial charge < -0.3 is 14.6 Å². The van der Waals surface area contributed by atoms with Crippen molar-refractivity contribution in [2.75, 3.05) is 6.61 Å². The van der Waals surface area contributed by atoms with Gasteiger partial charge in [0, 0.05) is 0 Å². The summed E-state index contributed by atoms with van der Waals surface area (Å²) >= 11 is 0. The summed E-state index contributed by atoms with van der Waals surface area (Å²) in [7, 11) is 0. The van der Waals surface area contributed by atoms with E-state index in [-0.39, 0.29) is 5.56 Å². The number of benzene rings is 2. The van der Waals surface area contributed by atoms with Gasteiger partial charge in [-0.1, -0.05) is 64.1 Å². The third-order valence-electron chi connectivity index (χ3n) is 5.80. The van der Waals surface area contributed by atoms with Crippen LogP contribution in [-0.2, 0) is 10.3 Å². The molecule has 3 atom stereocenters. The van der Waals surface area contributed by atoms with E-state index in [9.17, 15) is 18.3 Å². The molecule has 33 heavy (non-hydrogen) atoms. The Kier molecular flexibility index (Phi) is 11.0. The van der Waals surface area contributed by atoms with Crippen LogP contribution in [0.4, 0.5) is 13.2 Å². The molecule has 3 nitrogen and oxygen atoms in total. The minimum Gasteiger partial charge on any atom is -0.466 e. The Balaban J connectivity index is 0.000000331. The maximum absolute atomic E-state index is 12.6. The quantitative estimate of drug-likeness (QED) is 0.380. The molecule has 0 heterocycles. The Morgan fingerprint density at radius 3 is 1.67 bits per heavy atom. The number of ether oxygens (including phenoxy) is 2. The van der Waals surface area contributed by atoms with Gasteiger partial charge in [0.2, 0.25) is 0 Å². The highest BCUT2D eigenvalue weighted by atomic mass is 19.4. The normalized spacial score (nSPS) is 14.8. The van der Waals surface area contributed by atoms with Gasteiger partial charge in [-0.3, -0.25) is 0 Å². The molecular formula is C27H37F3O3. The first-order chi connectivity index (χ1) is 15.4. The summed E-state index contributed by atoms with van der Waals surface area (Å²) in [5.74, 6) is 2.01. The van der Waals surface area contributed by atoms with E-state index >= 15 is 0 Å². The molecule has 2 rings (SSSR count). The van der Waals surface area contributed by atoms with Crippen molar-refractivity contribution < 1.29 is 27.8 Å². The molecular weight excluding hydrogens is 429 g/mol. The van der Waals surface area contributed by atoms with Crippen LogP contribution in [0.1, 0.15) is 82.9 Å². The van der Waals surface area contributed by atoms with Crippen LogP contribution in [0.3, 0.4) is 0 Å². The molecule has 184 valence electrons. The number of rotatable bonds is 9. The van der Waals surface area contributed by atoms with E-state index in [1.165, 1.54) is 17.7 Å². The predicted molar refractivity (Wildman–Crippen MR) is 127 cm³/mol. The molecule has 0 saturated carbocycles. The van der Waals surface area contributed by atoms with E-state index in [0.29, 0.717) is 24.4 Å². The van der Waals surface area contributed by atoms with Crippen molar-refractivity contribution in [3.05, 3.63) is 77.7 Å². The second-order valence-corrected chi connectivity index (χ2v) is 8.29. The number of aliphatic hydroxyl groups is 1. The predicted octanol–water partition coefficient (Wildman–Crippen LogP) is 8.06. The molecule has 0 fully saturated rings. The fourth-order valence-electron chi connectivity index (χ4n) is 2.96. The van der Waals surface area contributed by atoms with Crippen molar-refractivity contribution >= 4 is 0 Å². The van der Waals surface area contributed by atoms with Crippen LogP contribution in [0.15, 0.2) is 61.1 Å². The van der Waals surface area contributed by atoms with Crippen LogP contribution in [0.5, 0.6) is 5.75 Å². The lowest BCUT2D eigenvalue weighted by Gasteiger charge is -2.27. The van der Waals surface area contributed by atoms with Crippen LogP contribution in [0.2, 0.25) is 0 Å². The average molecular weight is 467 g/mol. The largest absolute Gasteiger partial charge is 0.466 e. The van der Waals surface area contributed by atoms with Crippen LogP contribution < -0.4 is 4.74 Å². The monoisotopic (exact) mass is 466 g/mol. The van der Waals surface area contributed by atoms with Crippen molar-refractivity contribution in [3.63, 3.8) is 0 Å². The van der Waals surface area contributed by atoms with Crippen LogP contribution >= 0.6 is 0 Å². The molecule has 2 aromatic rings. The second-order valence-electron chi connectivity index (χ2n) is 8.29. The summed E-state index contributed by atoms with van der Waals surface area (Å²) < 4.78 is 48.3. The van der Waals surface area contributed by atoms with Gasteiger partial charge in [0.15, 0.2) is 5.60 Å². The number of halogens is 3. The van der Waals surface area contributed by atoms with Crippen LogP contribution in [-0.4, -0.2) is 17.9 Å². The van der Waals surface area contributed by atoms with Crippen molar-refractivity contribution in [2.24, 2.45) is 0 Å². The summed E-state index contributed by atoms with van der Waals surface area (Å²) in [5, 5.41) is 9.48. The van der Waals surface area contributed by atoms with Gasteiger partial charge in [-0.05, 0) is 73.9 Å². The Labute approximate surface area is 196 Å². The third-order valence-corrected chi connectivity index (χ3v) is 5.80. The lowest BCUT2D eigenvalue weighted by Crippen LogP contribution is -2.39. The first-order valence-electron chi connectivity index (χ1n) is 11.4. The minimum absolute atomic E-state index is 0.128. The molecule has 2 aromatic carbocycles. The van der Waals surface area contributed by atoms with E-state index in [1.54, 1.807) is 12.1 Å². The lowest BCUT2D eigenvalue weighted by molar-refractivity contribution is -0.258. The molecule has 6 heteroatoms. The fraction of sp³-hybridized carbons (Fsp3) is 0.481. The van der Waals surface area contributed by atoms with Crippen molar-refractivity contribution in [2.45, 2.75) is 78.0 Å². The standard InChI is InChI=1S/C14H20O2.C13H17F3O/c1-5-11(3)13-7-9-14(10-8-13)16-12(4)15-6-2;1-4-9(2)10-5-7-11(8-6-10)12(3,17)13(14,15)16/h7-11H,4-6H2,1-3H3;5-9,17H,4H2,1-3H3. The number of hydrogen-bond donors (Lipinski definition) is 1. The highest BCUT2D eigenvalue weighted by Gasteiger charge is 2.51. The molecule has 0 bridgehead atoms. The number of hydrogen-bond acceptors (Lipinski definition) is 3. The molecule has 0 amide bonds. The molecule has 0 radical (unpaired) electrons. The van der Waals surface area contributed by atoms with E-state index in [4.69, 9.17) is 9.47 Å². The second kappa shape index (κ2) is 12.7. The topological polar surface area (TPSA) is 38.7 Å². The minimum atomic E-state index is -4.66. The Bertz CT molecular complexity index is 840. The summed E-state index contributed by atoms with van der Waals surface area (Å²) in [6.07, 6.45) is -2.59. The van der Waals surface area contributed by atoms with Gasteiger partial charge in [0.25, 0.3) is 5.95 Å². The zero-order valence-corrected chi connectivity index (χ0v) is 20.5. The first-order valence-corrected chi connectivity index (χ1v) is 11.4. The summed E-state index contributed by atoms with van der Waals surface area (Å²) in [4.78, 5) is 0. The van der Waals surface area contributed by atoms with E-state index in [0.717, 1.165) is 31.1 Å².